The molecular weight excluding hydrogens is 208 g/mol. The van der Waals surface area contributed by atoms with Crippen molar-refractivity contribution in [2.24, 2.45) is 0 Å². The zero-order valence-corrected chi connectivity index (χ0v) is 9.85. The van der Waals surface area contributed by atoms with Gasteiger partial charge in [-0.05, 0) is 42.9 Å². The van der Waals surface area contributed by atoms with E-state index in [0.717, 1.165) is 5.56 Å². The molecule has 0 aliphatic heterocycles. The van der Waals surface area contributed by atoms with Gasteiger partial charge in [-0.2, -0.15) is 0 Å². The van der Waals surface area contributed by atoms with Crippen molar-refractivity contribution in [2.45, 2.75) is 44.9 Å². The molecule has 0 radical (unpaired) electrons. The second-order valence-corrected chi connectivity index (χ2v) is 4.91. The van der Waals surface area contributed by atoms with Crippen molar-refractivity contribution in [3.05, 3.63) is 28.3 Å². The monoisotopic (exact) mass is 224 g/mol. The molecule has 2 heteroatoms. The minimum Gasteiger partial charge on any atom is -0.506 e. The van der Waals surface area contributed by atoms with Gasteiger partial charge in [-0.3, -0.25) is 0 Å². The summed E-state index contributed by atoms with van der Waals surface area (Å²) in [6.07, 6.45) is 6.53. The summed E-state index contributed by atoms with van der Waals surface area (Å²) < 4.78 is 0. The third-order valence-corrected chi connectivity index (χ3v) is 3.64. The maximum absolute atomic E-state index is 9.60. The Morgan fingerprint density at radius 1 is 1.20 bits per heavy atom. The van der Waals surface area contributed by atoms with E-state index in [0.29, 0.717) is 10.9 Å². The highest BCUT2D eigenvalue weighted by Gasteiger charge is 2.17. The molecule has 1 aliphatic rings. The smallest absolute Gasteiger partial charge is 0.137 e. The Kier molecular flexibility index (Phi) is 3.20. The van der Waals surface area contributed by atoms with Gasteiger partial charge in [0.05, 0.1) is 5.02 Å². The summed E-state index contributed by atoms with van der Waals surface area (Å²) in [5.74, 6) is 0.881. The third-order valence-electron chi connectivity index (χ3n) is 3.35. The van der Waals surface area contributed by atoms with Crippen LogP contribution in [0.3, 0.4) is 0 Å². The molecule has 0 spiro atoms. The Labute approximate surface area is 96.1 Å². The van der Waals surface area contributed by atoms with Crippen LogP contribution in [0.5, 0.6) is 5.75 Å². The van der Waals surface area contributed by atoms with Crippen molar-refractivity contribution in [2.75, 3.05) is 0 Å². The molecule has 1 fully saturated rings. The van der Waals surface area contributed by atoms with Crippen LogP contribution in [0.25, 0.3) is 0 Å². The minimum atomic E-state index is 0.233. The summed E-state index contributed by atoms with van der Waals surface area (Å²) in [5.41, 5.74) is 2.19. The summed E-state index contributed by atoms with van der Waals surface area (Å²) in [4.78, 5) is 0. The maximum atomic E-state index is 9.60. The topological polar surface area (TPSA) is 20.2 Å². The van der Waals surface area contributed by atoms with Gasteiger partial charge >= 0.3 is 0 Å². The zero-order chi connectivity index (χ0) is 10.8. The molecule has 1 nitrogen and oxygen atoms in total. The zero-order valence-electron chi connectivity index (χ0n) is 9.09. The number of halogens is 1. The molecule has 0 bridgehead atoms. The van der Waals surface area contributed by atoms with Gasteiger partial charge in [0.15, 0.2) is 0 Å². The summed E-state index contributed by atoms with van der Waals surface area (Å²) in [6.45, 7) is 1.91. The molecule has 15 heavy (non-hydrogen) atoms. The third kappa shape index (κ3) is 2.28. The van der Waals surface area contributed by atoms with E-state index < -0.39 is 0 Å². The Morgan fingerprint density at radius 3 is 2.47 bits per heavy atom. The van der Waals surface area contributed by atoms with E-state index in [-0.39, 0.29) is 5.75 Å². The molecule has 0 unspecified atom stereocenters. The fourth-order valence-corrected chi connectivity index (χ4v) is 2.71. The molecule has 1 N–H and O–H groups in total. The van der Waals surface area contributed by atoms with Gasteiger partial charge < -0.3 is 5.11 Å². The molecule has 0 aromatic heterocycles. The number of rotatable bonds is 1. The van der Waals surface area contributed by atoms with E-state index in [4.69, 9.17) is 11.6 Å². The van der Waals surface area contributed by atoms with Crippen molar-refractivity contribution in [1.29, 1.82) is 0 Å². The average molecular weight is 225 g/mol. The molecule has 1 aromatic carbocycles. The first-order valence-corrected chi connectivity index (χ1v) is 6.05. The van der Waals surface area contributed by atoms with Crippen LogP contribution in [0.1, 0.15) is 49.1 Å². The van der Waals surface area contributed by atoms with Crippen LogP contribution in [0.15, 0.2) is 12.1 Å². The van der Waals surface area contributed by atoms with Crippen LogP contribution >= 0.6 is 11.6 Å². The predicted molar refractivity (Wildman–Crippen MR) is 63.7 cm³/mol. The van der Waals surface area contributed by atoms with E-state index >= 15 is 0 Å². The maximum Gasteiger partial charge on any atom is 0.137 e. The van der Waals surface area contributed by atoms with Crippen molar-refractivity contribution >= 4 is 11.6 Å². The Hall–Kier alpha value is -0.690. The van der Waals surface area contributed by atoms with Crippen molar-refractivity contribution in [1.82, 2.24) is 0 Å². The van der Waals surface area contributed by atoms with E-state index in [9.17, 15) is 5.11 Å². The fraction of sp³-hybridized carbons (Fsp3) is 0.538. The lowest BCUT2D eigenvalue weighted by molar-refractivity contribution is 0.441. The van der Waals surface area contributed by atoms with E-state index in [1.54, 1.807) is 0 Å². The second kappa shape index (κ2) is 4.44. The van der Waals surface area contributed by atoms with Gasteiger partial charge in [0.2, 0.25) is 0 Å². The quantitative estimate of drug-likeness (QED) is 0.750. The standard InChI is InChI=1S/C13H17ClO/c1-9-7-11(8-12(14)13(9)15)10-5-3-2-4-6-10/h7-8,10,15H,2-6H2,1H3. The van der Waals surface area contributed by atoms with Crippen LogP contribution in [-0.2, 0) is 0 Å². The van der Waals surface area contributed by atoms with Crippen molar-refractivity contribution in [3.8, 4) is 5.75 Å². The van der Waals surface area contributed by atoms with Gasteiger partial charge in [0.25, 0.3) is 0 Å². The number of aromatic hydroxyl groups is 1. The summed E-state index contributed by atoms with van der Waals surface area (Å²) in [5, 5.41) is 10.1. The van der Waals surface area contributed by atoms with Gasteiger partial charge in [-0.15, -0.1) is 0 Å². The van der Waals surface area contributed by atoms with E-state index in [2.05, 4.69) is 6.07 Å². The first-order chi connectivity index (χ1) is 7.18. The molecule has 0 heterocycles. The number of aryl methyl sites for hydroxylation is 1. The van der Waals surface area contributed by atoms with E-state index in [1.807, 2.05) is 13.0 Å². The fourth-order valence-electron chi connectivity index (χ4n) is 2.43. The van der Waals surface area contributed by atoms with E-state index in [1.165, 1.54) is 37.7 Å². The van der Waals surface area contributed by atoms with Crippen LogP contribution in [0.4, 0.5) is 0 Å². The number of benzene rings is 1. The lowest BCUT2D eigenvalue weighted by Crippen LogP contribution is -2.04. The summed E-state index contributed by atoms with van der Waals surface area (Å²) in [7, 11) is 0. The van der Waals surface area contributed by atoms with Crippen LogP contribution < -0.4 is 0 Å². The van der Waals surface area contributed by atoms with Gasteiger partial charge in [0, 0.05) is 0 Å². The van der Waals surface area contributed by atoms with Crippen molar-refractivity contribution < 1.29 is 5.11 Å². The highest BCUT2D eigenvalue weighted by Crippen LogP contribution is 2.37. The number of hydrogen-bond acceptors (Lipinski definition) is 1. The Morgan fingerprint density at radius 2 is 1.87 bits per heavy atom. The Balaban J connectivity index is 2.27. The van der Waals surface area contributed by atoms with Gasteiger partial charge in [-0.1, -0.05) is 36.9 Å². The lowest BCUT2D eigenvalue weighted by Gasteiger charge is -2.22. The van der Waals surface area contributed by atoms with Crippen molar-refractivity contribution in [3.63, 3.8) is 0 Å². The predicted octanol–water partition coefficient (Wildman–Crippen LogP) is 4.40. The number of phenolic OH excluding ortho intramolecular Hbond substituents is 1. The molecule has 0 amide bonds. The molecule has 0 atom stereocenters. The molecular formula is C13H17ClO. The number of hydrogen-bond donors (Lipinski definition) is 1. The molecule has 1 aromatic rings. The normalized spacial score (nSPS) is 18.0. The van der Waals surface area contributed by atoms with Crippen LogP contribution in [-0.4, -0.2) is 5.11 Å². The summed E-state index contributed by atoms with van der Waals surface area (Å²) in [6, 6.07) is 4.01. The first-order valence-electron chi connectivity index (χ1n) is 5.67. The highest BCUT2D eigenvalue weighted by atomic mass is 35.5. The van der Waals surface area contributed by atoms with Gasteiger partial charge in [0.1, 0.15) is 5.75 Å². The van der Waals surface area contributed by atoms with Crippen LogP contribution in [0.2, 0.25) is 5.02 Å². The second-order valence-electron chi connectivity index (χ2n) is 4.50. The minimum absolute atomic E-state index is 0.233. The molecule has 82 valence electrons. The number of phenols is 1. The summed E-state index contributed by atoms with van der Waals surface area (Å²) >= 11 is 5.99. The van der Waals surface area contributed by atoms with Crippen LogP contribution in [0, 0.1) is 6.92 Å². The first kappa shape index (κ1) is 10.8. The molecule has 1 aliphatic carbocycles. The Bertz CT molecular complexity index is 331. The molecule has 1 saturated carbocycles. The lowest BCUT2D eigenvalue weighted by atomic mass is 9.83. The highest BCUT2D eigenvalue weighted by molar-refractivity contribution is 6.32. The largest absolute Gasteiger partial charge is 0.506 e. The molecule has 0 saturated heterocycles. The van der Waals surface area contributed by atoms with Gasteiger partial charge in [-0.25, -0.2) is 0 Å². The molecule has 2 rings (SSSR count). The average Bonchev–Trinajstić information content (AvgIpc) is 2.26. The SMILES string of the molecule is Cc1cc(C2CCCCC2)cc(Cl)c1O.